The number of nitrogens with one attached hydrogen (secondary N) is 6. The van der Waals surface area contributed by atoms with Gasteiger partial charge >= 0.3 is 18.1 Å². The molecule has 0 radical (unpaired) electrons. The van der Waals surface area contributed by atoms with Crippen molar-refractivity contribution >= 4 is 18.1 Å². The van der Waals surface area contributed by atoms with Crippen molar-refractivity contribution in [3.63, 3.8) is 0 Å². The molecule has 2 fully saturated rings. The van der Waals surface area contributed by atoms with Crippen molar-refractivity contribution < 1.29 is 14.4 Å². The van der Waals surface area contributed by atoms with Crippen LogP contribution >= 0.6 is 0 Å². The molecule has 0 saturated carbocycles. The number of carbonyl (C=O) groups excluding carboxylic acids is 3. The Morgan fingerprint density at radius 1 is 0.900 bits per heavy atom. The summed E-state index contributed by atoms with van der Waals surface area (Å²) < 4.78 is 0. The molecule has 0 aromatic heterocycles. The zero-order valence-electron chi connectivity index (χ0n) is 11.4. The molecule has 112 valence electrons. The van der Waals surface area contributed by atoms with Gasteiger partial charge in [0.1, 0.15) is 12.3 Å². The molecule has 4 unspecified atom stereocenters. The van der Waals surface area contributed by atoms with Crippen LogP contribution in [0.25, 0.3) is 0 Å². The Bertz CT molecular complexity index is 379. The van der Waals surface area contributed by atoms with Crippen molar-refractivity contribution in [1.29, 1.82) is 0 Å². The molecule has 2 saturated heterocycles. The minimum atomic E-state index is -0.427. The summed E-state index contributed by atoms with van der Waals surface area (Å²) in [5, 5.41) is 15.9. The number of hydrogen-bond acceptors (Lipinski definition) is 3. The molecule has 4 atom stereocenters. The maximum absolute atomic E-state index is 11.8. The Kier molecular flexibility index (Phi) is 4.16. The third-order valence-electron chi connectivity index (χ3n) is 3.15. The molecule has 9 nitrogen and oxygen atoms in total. The summed E-state index contributed by atoms with van der Waals surface area (Å²) >= 11 is 0. The molecule has 0 aromatic carbocycles. The number of urea groups is 3. The van der Waals surface area contributed by atoms with Crippen LogP contribution in [0.15, 0.2) is 0 Å². The number of carbonyl (C=O) groups is 3. The Morgan fingerprint density at radius 2 is 1.30 bits per heavy atom. The second kappa shape index (κ2) is 5.85. The van der Waals surface area contributed by atoms with Crippen LogP contribution in [0.4, 0.5) is 14.4 Å². The van der Waals surface area contributed by atoms with E-state index in [-0.39, 0.29) is 24.1 Å². The first-order valence-corrected chi connectivity index (χ1v) is 6.63. The average molecular weight is 284 g/mol. The van der Waals surface area contributed by atoms with Crippen LogP contribution in [0.1, 0.15) is 26.7 Å². The van der Waals surface area contributed by atoms with Crippen molar-refractivity contribution in [3.05, 3.63) is 0 Å². The maximum atomic E-state index is 11.8. The van der Waals surface area contributed by atoms with Crippen molar-refractivity contribution in [2.45, 2.75) is 51.1 Å². The van der Waals surface area contributed by atoms with E-state index >= 15 is 0 Å². The van der Waals surface area contributed by atoms with Gasteiger partial charge in [0.05, 0.1) is 0 Å². The first kappa shape index (κ1) is 14.2. The molecule has 2 aliphatic heterocycles. The molecule has 0 aromatic rings. The summed E-state index contributed by atoms with van der Waals surface area (Å²) in [6.07, 6.45) is 0.338. The summed E-state index contributed by atoms with van der Waals surface area (Å²) in [5.74, 6) is 0. The molecule has 2 aliphatic rings. The molecule has 0 bridgehead atoms. The quantitative estimate of drug-likeness (QED) is 0.394. The minimum Gasteiger partial charge on any atom is -0.336 e. The highest BCUT2D eigenvalue weighted by atomic mass is 16.2. The maximum Gasteiger partial charge on any atom is 0.318 e. The van der Waals surface area contributed by atoms with E-state index in [1.54, 1.807) is 0 Å². The van der Waals surface area contributed by atoms with Gasteiger partial charge in [-0.1, -0.05) is 0 Å². The number of rotatable bonds is 2. The molecule has 6 N–H and O–H groups in total. The summed E-state index contributed by atoms with van der Waals surface area (Å²) in [5.41, 5.74) is 0. The van der Waals surface area contributed by atoms with E-state index in [1.807, 2.05) is 13.8 Å². The van der Waals surface area contributed by atoms with Gasteiger partial charge in [0.2, 0.25) is 0 Å². The van der Waals surface area contributed by atoms with Crippen LogP contribution in [0.2, 0.25) is 0 Å². The zero-order valence-corrected chi connectivity index (χ0v) is 11.4. The van der Waals surface area contributed by atoms with E-state index in [0.717, 1.165) is 0 Å². The smallest absolute Gasteiger partial charge is 0.318 e. The van der Waals surface area contributed by atoms with Gasteiger partial charge in [-0.05, 0) is 13.8 Å². The van der Waals surface area contributed by atoms with Crippen LogP contribution in [-0.4, -0.2) is 42.5 Å². The third-order valence-corrected chi connectivity index (χ3v) is 3.15. The van der Waals surface area contributed by atoms with Gasteiger partial charge in [-0.2, -0.15) is 0 Å². The van der Waals surface area contributed by atoms with E-state index in [4.69, 9.17) is 0 Å². The number of hydrogen-bond donors (Lipinski definition) is 6. The topological polar surface area (TPSA) is 123 Å². The lowest BCUT2D eigenvalue weighted by atomic mass is 10.1. The summed E-state index contributed by atoms with van der Waals surface area (Å²) in [6, 6.07) is -1.06. The van der Waals surface area contributed by atoms with Crippen LogP contribution in [0, 0.1) is 0 Å². The SMILES string of the molecule is CC1CC(NC(=O)NC2CC(C)NC(=O)N2)NC(=O)N1. The van der Waals surface area contributed by atoms with Crippen LogP contribution in [0.5, 0.6) is 0 Å². The fraction of sp³-hybridized carbons (Fsp3) is 0.727. The highest BCUT2D eigenvalue weighted by molar-refractivity contribution is 5.80. The van der Waals surface area contributed by atoms with E-state index in [2.05, 4.69) is 31.9 Å². The lowest BCUT2D eigenvalue weighted by Crippen LogP contribution is -2.64. The standard InChI is InChI=1S/C11H20N6O3/c1-5-3-7(14-9(18)12-5)16-11(20)17-8-4-6(2)13-10(19)15-8/h5-8H,3-4H2,1-2H3,(H2,12,14,18)(H2,13,15,19)(H2,16,17,20). The Hall–Kier alpha value is -2.19. The highest BCUT2D eigenvalue weighted by Gasteiger charge is 2.27. The highest BCUT2D eigenvalue weighted by Crippen LogP contribution is 2.03. The Balaban J connectivity index is 1.80. The molecule has 9 heteroatoms. The molecule has 0 aliphatic carbocycles. The van der Waals surface area contributed by atoms with Gasteiger partial charge in [0, 0.05) is 24.9 Å². The summed E-state index contributed by atoms with van der Waals surface area (Å²) in [6.45, 7) is 3.72. The summed E-state index contributed by atoms with van der Waals surface area (Å²) in [7, 11) is 0. The lowest BCUT2D eigenvalue weighted by Gasteiger charge is -2.32. The van der Waals surface area contributed by atoms with Crippen molar-refractivity contribution in [2.75, 3.05) is 0 Å². The molecule has 0 spiro atoms. The van der Waals surface area contributed by atoms with Crippen LogP contribution < -0.4 is 31.9 Å². The van der Waals surface area contributed by atoms with Gasteiger partial charge in [-0.15, -0.1) is 0 Å². The van der Waals surface area contributed by atoms with E-state index < -0.39 is 18.4 Å². The molecule has 2 heterocycles. The van der Waals surface area contributed by atoms with Gasteiger partial charge in [0.15, 0.2) is 0 Å². The third kappa shape index (κ3) is 3.90. The van der Waals surface area contributed by atoms with Crippen molar-refractivity contribution in [2.24, 2.45) is 0 Å². The lowest BCUT2D eigenvalue weighted by molar-refractivity contribution is 0.200. The van der Waals surface area contributed by atoms with E-state index in [0.29, 0.717) is 12.8 Å². The molecular weight excluding hydrogens is 264 g/mol. The molecule has 2 rings (SSSR count). The van der Waals surface area contributed by atoms with Crippen LogP contribution in [0.3, 0.4) is 0 Å². The Labute approximate surface area is 116 Å². The first-order valence-electron chi connectivity index (χ1n) is 6.63. The van der Waals surface area contributed by atoms with Gasteiger partial charge in [-0.25, -0.2) is 14.4 Å². The largest absolute Gasteiger partial charge is 0.336 e. The van der Waals surface area contributed by atoms with Gasteiger partial charge in [0.25, 0.3) is 0 Å². The zero-order chi connectivity index (χ0) is 14.7. The first-order chi connectivity index (χ1) is 9.42. The fourth-order valence-corrected chi connectivity index (χ4v) is 2.34. The molecule has 20 heavy (non-hydrogen) atoms. The number of amides is 6. The van der Waals surface area contributed by atoms with Gasteiger partial charge < -0.3 is 31.9 Å². The summed E-state index contributed by atoms with van der Waals surface area (Å²) in [4.78, 5) is 34.4. The fourth-order valence-electron chi connectivity index (χ4n) is 2.34. The second-order valence-electron chi connectivity index (χ2n) is 5.23. The average Bonchev–Trinajstić information content (AvgIpc) is 2.24. The second-order valence-corrected chi connectivity index (χ2v) is 5.23. The predicted molar refractivity (Wildman–Crippen MR) is 70.7 cm³/mol. The van der Waals surface area contributed by atoms with E-state index in [1.165, 1.54) is 0 Å². The predicted octanol–water partition coefficient (Wildman–Crippen LogP) is -0.879. The van der Waals surface area contributed by atoms with Crippen molar-refractivity contribution in [3.8, 4) is 0 Å². The monoisotopic (exact) mass is 284 g/mol. The normalized spacial score (nSPS) is 33.1. The Morgan fingerprint density at radius 3 is 1.65 bits per heavy atom. The molecular formula is C11H20N6O3. The van der Waals surface area contributed by atoms with Gasteiger partial charge in [-0.3, -0.25) is 0 Å². The minimum absolute atomic E-state index is 0.00680. The van der Waals surface area contributed by atoms with Crippen LogP contribution in [-0.2, 0) is 0 Å². The molecule has 6 amide bonds. The van der Waals surface area contributed by atoms with Crippen molar-refractivity contribution in [1.82, 2.24) is 31.9 Å². The van der Waals surface area contributed by atoms with E-state index in [9.17, 15) is 14.4 Å².